The number of nitrogens with two attached hydrogens (primary N) is 1. The summed E-state index contributed by atoms with van der Waals surface area (Å²) >= 11 is 0. The number of nitrogens with one attached hydrogen (secondary N) is 1. The van der Waals surface area contributed by atoms with Crippen molar-refractivity contribution in [2.24, 2.45) is 5.73 Å². The lowest BCUT2D eigenvalue weighted by atomic mass is 10.2. The van der Waals surface area contributed by atoms with E-state index >= 15 is 0 Å². The van der Waals surface area contributed by atoms with Crippen molar-refractivity contribution < 1.29 is 17.2 Å². The van der Waals surface area contributed by atoms with E-state index < -0.39 is 29.0 Å². The molecule has 3 N–H and O–H groups in total. The molecule has 0 amide bonds. The third-order valence-electron chi connectivity index (χ3n) is 2.45. The molecule has 0 saturated heterocycles. The first-order valence-corrected chi connectivity index (χ1v) is 6.81. The number of benzene rings is 1. The number of aryl methyl sites for hydroxylation is 2. The van der Waals surface area contributed by atoms with Crippen LogP contribution in [0.5, 0.6) is 0 Å². The smallest absolute Gasteiger partial charge is 0.273 e. The van der Waals surface area contributed by atoms with E-state index in [0.717, 1.165) is 5.56 Å². The van der Waals surface area contributed by atoms with Gasteiger partial charge in [-0.1, -0.05) is 12.1 Å². The summed E-state index contributed by atoms with van der Waals surface area (Å²) in [5.74, 6) is -3.25. The SMILES string of the molecule is Cc1ccc(C)c(S(=O)(=O)NCC(F)(F)CN)c1.Cl. The van der Waals surface area contributed by atoms with E-state index in [9.17, 15) is 17.2 Å². The summed E-state index contributed by atoms with van der Waals surface area (Å²) in [5, 5.41) is 0. The Morgan fingerprint density at radius 2 is 1.89 bits per heavy atom. The molecule has 0 unspecified atom stereocenters. The molecule has 0 bridgehead atoms. The quantitative estimate of drug-likeness (QED) is 0.867. The van der Waals surface area contributed by atoms with Gasteiger partial charge in [0.2, 0.25) is 10.0 Å². The maximum absolute atomic E-state index is 12.9. The Balaban J connectivity index is 0.00000324. The first-order chi connectivity index (χ1) is 8.18. The van der Waals surface area contributed by atoms with Crippen molar-refractivity contribution in [3.8, 4) is 0 Å². The lowest BCUT2D eigenvalue weighted by Gasteiger charge is -2.15. The predicted molar refractivity (Wildman–Crippen MR) is 72.4 cm³/mol. The van der Waals surface area contributed by atoms with Crippen LogP contribution < -0.4 is 10.5 Å². The second-order valence-corrected chi connectivity index (χ2v) is 5.89. The Kier molecular flexibility index (Phi) is 6.34. The third kappa shape index (κ3) is 5.02. The van der Waals surface area contributed by atoms with E-state index in [1.54, 1.807) is 26.0 Å². The minimum Gasteiger partial charge on any atom is -0.325 e. The molecule has 0 radical (unpaired) electrons. The highest BCUT2D eigenvalue weighted by Crippen LogP contribution is 2.18. The van der Waals surface area contributed by atoms with Gasteiger partial charge in [-0.2, -0.15) is 0 Å². The number of sulfonamides is 1. The summed E-state index contributed by atoms with van der Waals surface area (Å²) in [6.45, 7) is 1.43. The largest absolute Gasteiger partial charge is 0.325 e. The van der Waals surface area contributed by atoms with Gasteiger partial charge in [0, 0.05) is 0 Å². The van der Waals surface area contributed by atoms with E-state index in [-0.39, 0.29) is 17.3 Å². The zero-order valence-electron chi connectivity index (χ0n) is 10.6. The second-order valence-electron chi connectivity index (χ2n) is 4.15. The standard InChI is InChI=1S/C11H16F2N2O2S.ClH/c1-8-3-4-9(2)10(5-8)18(16,17)15-7-11(12,13)6-14;/h3-5,15H,6-7,14H2,1-2H3;1H. The maximum Gasteiger partial charge on any atom is 0.273 e. The third-order valence-corrected chi connectivity index (χ3v) is 4.00. The van der Waals surface area contributed by atoms with Crippen molar-refractivity contribution in [1.29, 1.82) is 0 Å². The van der Waals surface area contributed by atoms with Gasteiger partial charge < -0.3 is 5.73 Å². The van der Waals surface area contributed by atoms with Crippen LogP contribution in [0.1, 0.15) is 11.1 Å². The van der Waals surface area contributed by atoms with Crippen molar-refractivity contribution in [2.75, 3.05) is 13.1 Å². The molecule has 0 heterocycles. The summed E-state index contributed by atoms with van der Waals surface area (Å²) < 4.78 is 51.5. The lowest BCUT2D eigenvalue weighted by Crippen LogP contribution is -2.41. The molecule has 4 nitrogen and oxygen atoms in total. The summed E-state index contributed by atoms with van der Waals surface area (Å²) in [4.78, 5) is 0.00956. The molecule has 0 fully saturated rings. The van der Waals surface area contributed by atoms with Crippen LogP contribution >= 0.6 is 12.4 Å². The maximum atomic E-state index is 12.9. The lowest BCUT2D eigenvalue weighted by molar-refractivity contribution is 0.0170. The Morgan fingerprint density at radius 3 is 2.42 bits per heavy atom. The highest BCUT2D eigenvalue weighted by atomic mass is 35.5. The second kappa shape index (κ2) is 6.60. The highest BCUT2D eigenvalue weighted by Gasteiger charge is 2.29. The zero-order valence-corrected chi connectivity index (χ0v) is 12.2. The van der Waals surface area contributed by atoms with Crippen molar-refractivity contribution in [2.45, 2.75) is 24.7 Å². The van der Waals surface area contributed by atoms with Crippen LogP contribution in [0, 0.1) is 13.8 Å². The average Bonchev–Trinajstić information content (AvgIpc) is 2.30. The van der Waals surface area contributed by atoms with Crippen LogP contribution in [0.15, 0.2) is 23.1 Å². The van der Waals surface area contributed by atoms with Gasteiger partial charge in [-0.25, -0.2) is 21.9 Å². The van der Waals surface area contributed by atoms with E-state index in [1.807, 2.05) is 4.72 Å². The van der Waals surface area contributed by atoms with Gasteiger partial charge in [-0.05, 0) is 31.0 Å². The Hall–Kier alpha value is -0.760. The van der Waals surface area contributed by atoms with Crippen molar-refractivity contribution >= 4 is 22.4 Å². The highest BCUT2D eigenvalue weighted by molar-refractivity contribution is 7.89. The predicted octanol–water partition coefficient (Wildman–Crippen LogP) is 1.60. The fourth-order valence-electron chi connectivity index (χ4n) is 1.35. The monoisotopic (exact) mass is 314 g/mol. The van der Waals surface area contributed by atoms with Crippen LogP contribution in [0.4, 0.5) is 8.78 Å². The van der Waals surface area contributed by atoms with Crippen LogP contribution in [0.3, 0.4) is 0 Å². The van der Waals surface area contributed by atoms with E-state index in [2.05, 4.69) is 0 Å². The molecule has 0 spiro atoms. The minimum atomic E-state index is -3.94. The topological polar surface area (TPSA) is 72.2 Å². The van der Waals surface area contributed by atoms with Crippen LogP contribution in [-0.4, -0.2) is 27.4 Å². The molecule has 8 heteroatoms. The Bertz CT molecular complexity index is 535. The molecule has 110 valence electrons. The fraction of sp³-hybridized carbons (Fsp3) is 0.455. The fourth-order valence-corrected chi connectivity index (χ4v) is 2.74. The van der Waals surface area contributed by atoms with Gasteiger partial charge in [0.05, 0.1) is 18.0 Å². The van der Waals surface area contributed by atoms with Gasteiger partial charge in [0.1, 0.15) is 0 Å². The number of hydrogen-bond acceptors (Lipinski definition) is 3. The molecule has 0 atom stereocenters. The molecular formula is C11H17ClF2N2O2S. The van der Waals surface area contributed by atoms with Crippen LogP contribution in [0.25, 0.3) is 0 Å². The van der Waals surface area contributed by atoms with E-state index in [0.29, 0.717) is 5.56 Å². The molecular weight excluding hydrogens is 298 g/mol. The summed E-state index contributed by atoms with van der Waals surface area (Å²) in [7, 11) is -3.94. The van der Waals surface area contributed by atoms with E-state index in [4.69, 9.17) is 5.73 Å². The molecule has 0 aliphatic heterocycles. The van der Waals surface area contributed by atoms with E-state index in [1.165, 1.54) is 6.07 Å². The molecule has 19 heavy (non-hydrogen) atoms. The Labute approximate surface area is 117 Å². The summed E-state index contributed by atoms with van der Waals surface area (Å²) in [6.07, 6.45) is 0. The summed E-state index contributed by atoms with van der Waals surface area (Å²) in [5.41, 5.74) is 6.09. The summed E-state index contributed by atoms with van der Waals surface area (Å²) in [6, 6.07) is 4.83. The van der Waals surface area contributed by atoms with Gasteiger partial charge in [0.25, 0.3) is 5.92 Å². The first-order valence-electron chi connectivity index (χ1n) is 5.33. The van der Waals surface area contributed by atoms with Gasteiger partial charge >= 0.3 is 0 Å². The van der Waals surface area contributed by atoms with Crippen LogP contribution in [-0.2, 0) is 10.0 Å². The zero-order chi connectivity index (χ0) is 14.0. The average molecular weight is 315 g/mol. The number of hydrogen-bond donors (Lipinski definition) is 2. The Morgan fingerprint density at radius 1 is 1.32 bits per heavy atom. The van der Waals surface area contributed by atoms with Crippen molar-refractivity contribution in [1.82, 2.24) is 4.72 Å². The van der Waals surface area contributed by atoms with Gasteiger partial charge in [0.15, 0.2) is 0 Å². The van der Waals surface area contributed by atoms with Gasteiger partial charge in [-0.15, -0.1) is 12.4 Å². The minimum absolute atomic E-state index is 0. The first kappa shape index (κ1) is 18.2. The molecule has 1 rings (SSSR count). The molecule has 1 aromatic carbocycles. The molecule has 0 saturated carbocycles. The molecule has 0 aliphatic carbocycles. The number of alkyl halides is 2. The van der Waals surface area contributed by atoms with Gasteiger partial charge in [-0.3, -0.25) is 0 Å². The number of halogens is 3. The van der Waals surface area contributed by atoms with Crippen LogP contribution in [0.2, 0.25) is 0 Å². The van der Waals surface area contributed by atoms with Crippen molar-refractivity contribution in [3.63, 3.8) is 0 Å². The molecule has 0 aliphatic rings. The normalized spacial score (nSPS) is 12.1. The number of rotatable bonds is 5. The molecule has 0 aromatic heterocycles. The molecule has 1 aromatic rings. The van der Waals surface area contributed by atoms with Crippen molar-refractivity contribution in [3.05, 3.63) is 29.3 Å².